The van der Waals surface area contributed by atoms with Gasteiger partial charge >= 0.3 is 0 Å². The molecule has 0 radical (unpaired) electrons. The van der Waals surface area contributed by atoms with Crippen molar-refractivity contribution in [3.63, 3.8) is 0 Å². The Labute approximate surface area is 131 Å². The van der Waals surface area contributed by atoms with Crippen LogP contribution in [-0.4, -0.2) is 0 Å². The van der Waals surface area contributed by atoms with Gasteiger partial charge in [-0.3, -0.25) is 0 Å². The van der Waals surface area contributed by atoms with Gasteiger partial charge in [-0.15, -0.1) is 0 Å². The quantitative estimate of drug-likeness (QED) is 0.518. The topological polar surface area (TPSA) is 23.8 Å². The van der Waals surface area contributed by atoms with E-state index in [9.17, 15) is 5.26 Å². The number of hydrogen-bond acceptors (Lipinski definition) is 1. The van der Waals surface area contributed by atoms with Gasteiger partial charge in [-0.2, -0.15) is 5.26 Å². The molecule has 0 saturated heterocycles. The van der Waals surface area contributed by atoms with Gasteiger partial charge in [0.25, 0.3) is 0 Å². The summed E-state index contributed by atoms with van der Waals surface area (Å²) in [6.07, 6.45) is 17.7. The van der Waals surface area contributed by atoms with Crippen LogP contribution in [0.25, 0.3) is 0 Å². The average Bonchev–Trinajstić information content (AvgIpc) is 2.54. The van der Waals surface area contributed by atoms with Gasteiger partial charge in [-0.25, -0.2) is 0 Å². The molecule has 0 unspecified atom stereocenters. The fourth-order valence-electron chi connectivity index (χ4n) is 4.45. The van der Waals surface area contributed by atoms with E-state index in [0.717, 1.165) is 24.7 Å². The predicted octanol–water partition coefficient (Wildman–Crippen LogP) is 6.40. The first kappa shape index (κ1) is 16.6. The van der Waals surface area contributed by atoms with Gasteiger partial charge in [0.1, 0.15) is 0 Å². The minimum atomic E-state index is -0.0834. The third-order valence-electron chi connectivity index (χ3n) is 5.97. The maximum Gasteiger partial charge on any atom is 0.0782 e. The first-order valence-electron chi connectivity index (χ1n) is 9.34. The lowest BCUT2D eigenvalue weighted by Gasteiger charge is -2.39. The predicted molar refractivity (Wildman–Crippen MR) is 89.9 cm³/mol. The highest BCUT2D eigenvalue weighted by atomic mass is 14.4. The van der Waals surface area contributed by atoms with Crippen LogP contribution in [0.2, 0.25) is 0 Å². The highest BCUT2D eigenvalue weighted by molar-refractivity contribution is 5.26. The summed E-state index contributed by atoms with van der Waals surface area (Å²) >= 11 is 0. The van der Waals surface area contributed by atoms with Crippen LogP contribution in [0.4, 0.5) is 0 Å². The van der Waals surface area contributed by atoms with Crippen LogP contribution in [0, 0.1) is 28.6 Å². The first-order chi connectivity index (χ1) is 10.2. The van der Waals surface area contributed by atoms with E-state index in [4.69, 9.17) is 0 Å². The molecule has 2 aliphatic rings. The molecule has 0 aromatic rings. The van der Waals surface area contributed by atoms with Gasteiger partial charge in [-0.05, 0) is 56.8 Å². The molecule has 0 aliphatic heterocycles. The third-order valence-corrected chi connectivity index (χ3v) is 5.97. The minimum Gasteiger partial charge on any atom is -0.197 e. The second kappa shape index (κ2) is 8.02. The number of rotatable bonds is 6. The first-order valence-corrected chi connectivity index (χ1v) is 9.34. The molecule has 0 heterocycles. The van der Waals surface area contributed by atoms with Crippen LogP contribution in [0.3, 0.4) is 0 Å². The molecule has 0 aromatic carbocycles. The molecule has 118 valence electrons. The lowest BCUT2D eigenvalue weighted by atomic mass is 9.64. The standard InChI is InChI=1S/C20H33N/c1-3-5-7-18-12-14-20(16-21,15-13-18)19-10-8-17(6-4-2)9-11-19/h10,17-18H,3-9,11-15H2,1-2H3/t17-,18-,20+/m0/s1. The van der Waals surface area contributed by atoms with Crippen molar-refractivity contribution in [1.29, 1.82) is 5.26 Å². The molecule has 1 atom stereocenters. The molecule has 1 heteroatoms. The molecule has 0 aromatic heterocycles. The Balaban J connectivity index is 1.93. The van der Waals surface area contributed by atoms with Gasteiger partial charge in [0.15, 0.2) is 0 Å². The smallest absolute Gasteiger partial charge is 0.0782 e. The SMILES string of the molecule is CCCC[C@H]1CC[C@@](C#N)(C2=CC[C@H](CCC)CC2)CC1. The van der Waals surface area contributed by atoms with Crippen LogP contribution in [0.1, 0.15) is 90.9 Å². The minimum absolute atomic E-state index is 0.0834. The fraction of sp³-hybridized carbons (Fsp3) is 0.850. The summed E-state index contributed by atoms with van der Waals surface area (Å²) in [4.78, 5) is 0. The van der Waals surface area contributed by atoms with Gasteiger partial charge in [0, 0.05) is 0 Å². The molecule has 21 heavy (non-hydrogen) atoms. The van der Waals surface area contributed by atoms with Crippen LogP contribution in [0.5, 0.6) is 0 Å². The summed E-state index contributed by atoms with van der Waals surface area (Å²) in [6.45, 7) is 4.57. The fourth-order valence-corrected chi connectivity index (χ4v) is 4.45. The summed E-state index contributed by atoms with van der Waals surface area (Å²) in [5.41, 5.74) is 1.42. The van der Waals surface area contributed by atoms with Crippen molar-refractivity contribution < 1.29 is 0 Å². The highest BCUT2D eigenvalue weighted by Gasteiger charge is 2.39. The number of nitrogens with zero attached hydrogens (tertiary/aromatic N) is 1. The van der Waals surface area contributed by atoms with Crippen LogP contribution in [-0.2, 0) is 0 Å². The van der Waals surface area contributed by atoms with Gasteiger partial charge in [0.05, 0.1) is 11.5 Å². The largest absolute Gasteiger partial charge is 0.197 e. The molecule has 0 bridgehead atoms. The van der Waals surface area contributed by atoms with E-state index in [1.54, 1.807) is 0 Å². The van der Waals surface area contributed by atoms with E-state index in [1.165, 1.54) is 69.8 Å². The van der Waals surface area contributed by atoms with E-state index < -0.39 is 0 Å². The Kier molecular flexibility index (Phi) is 6.34. The average molecular weight is 287 g/mol. The van der Waals surface area contributed by atoms with Gasteiger partial charge in [0.2, 0.25) is 0 Å². The van der Waals surface area contributed by atoms with Crippen molar-refractivity contribution in [3.05, 3.63) is 11.6 Å². The number of unbranched alkanes of at least 4 members (excludes halogenated alkanes) is 1. The molecular formula is C20H33N. The number of nitriles is 1. The van der Waals surface area contributed by atoms with Crippen molar-refractivity contribution in [1.82, 2.24) is 0 Å². The zero-order valence-electron chi connectivity index (χ0n) is 14.2. The van der Waals surface area contributed by atoms with Crippen LogP contribution in [0.15, 0.2) is 11.6 Å². The molecule has 0 amide bonds. The van der Waals surface area contributed by atoms with Crippen molar-refractivity contribution in [3.8, 4) is 6.07 Å². The Morgan fingerprint density at radius 1 is 1.10 bits per heavy atom. The Morgan fingerprint density at radius 3 is 2.38 bits per heavy atom. The Morgan fingerprint density at radius 2 is 1.86 bits per heavy atom. The number of allylic oxidation sites excluding steroid dienone is 2. The normalized spacial score (nSPS) is 33.3. The molecule has 0 N–H and O–H groups in total. The lowest BCUT2D eigenvalue weighted by molar-refractivity contribution is 0.222. The van der Waals surface area contributed by atoms with E-state index in [-0.39, 0.29) is 5.41 Å². The van der Waals surface area contributed by atoms with Crippen LogP contribution < -0.4 is 0 Å². The zero-order valence-corrected chi connectivity index (χ0v) is 14.2. The summed E-state index contributed by atoms with van der Waals surface area (Å²) in [7, 11) is 0. The second-order valence-electron chi connectivity index (χ2n) is 7.44. The summed E-state index contributed by atoms with van der Waals surface area (Å²) in [5, 5.41) is 9.83. The van der Waals surface area contributed by atoms with Crippen molar-refractivity contribution in [2.75, 3.05) is 0 Å². The summed E-state index contributed by atoms with van der Waals surface area (Å²) < 4.78 is 0. The van der Waals surface area contributed by atoms with Gasteiger partial charge < -0.3 is 0 Å². The molecule has 0 spiro atoms. The lowest BCUT2D eigenvalue weighted by Crippen LogP contribution is -2.29. The Bertz CT molecular complexity index is 379. The van der Waals surface area contributed by atoms with E-state index >= 15 is 0 Å². The van der Waals surface area contributed by atoms with Gasteiger partial charge in [-0.1, -0.05) is 57.6 Å². The zero-order chi connectivity index (χ0) is 15.1. The van der Waals surface area contributed by atoms with Crippen LogP contribution >= 0.6 is 0 Å². The molecule has 1 saturated carbocycles. The van der Waals surface area contributed by atoms with E-state index in [2.05, 4.69) is 26.0 Å². The number of hydrogen-bond donors (Lipinski definition) is 0. The highest BCUT2D eigenvalue weighted by Crippen LogP contribution is 2.48. The van der Waals surface area contributed by atoms with Crippen molar-refractivity contribution >= 4 is 0 Å². The van der Waals surface area contributed by atoms with Crippen molar-refractivity contribution in [2.45, 2.75) is 90.9 Å². The molecular weight excluding hydrogens is 254 g/mol. The molecule has 1 nitrogen and oxygen atoms in total. The maximum atomic E-state index is 9.83. The summed E-state index contributed by atoms with van der Waals surface area (Å²) in [5.74, 6) is 1.78. The van der Waals surface area contributed by atoms with Crippen molar-refractivity contribution in [2.24, 2.45) is 17.3 Å². The molecule has 2 rings (SSSR count). The second-order valence-corrected chi connectivity index (χ2v) is 7.44. The molecule has 2 aliphatic carbocycles. The maximum absolute atomic E-state index is 9.83. The summed E-state index contributed by atoms with van der Waals surface area (Å²) in [6, 6.07) is 2.74. The third kappa shape index (κ3) is 4.12. The monoisotopic (exact) mass is 287 g/mol. The Hall–Kier alpha value is -0.770. The van der Waals surface area contributed by atoms with E-state index in [0.29, 0.717) is 0 Å². The molecule has 1 fully saturated rings. The van der Waals surface area contributed by atoms with E-state index in [1.807, 2.05) is 0 Å².